The summed E-state index contributed by atoms with van der Waals surface area (Å²) in [4.78, 5) is 12.3. The molecule has 0 amide bonds. The molecule has 2 aliphatic heterocycles. The monoisotopic (exact) mass is 422 g/mol. The first-order valence-corrected chi connectivity index (χ1v) is 11.6. The third-order valence-corrected chi connectivity index (χ3v) is 7.27. The minimum atomic E-state index is -1.13. The Morgan fingerprint density at radius 3 is 2.60 bits per heavy atom. The smallest absolute Gasteiger partial charge is 0.227 e. The van der Waals surface area contributed by atoms with Gasteiger partial charge < -0.3 is 10.2 Å². The van der Waals surface area contributed by atoms with E-state index < -0.39 is 10.8 Å². The molecule has 3 aromatic rings. The first-order valence-electron chi connectivity index (χ1n) is 10.3. The molecule has 0 saturated carbocycles. The van der Waals surface area contributed by atoms with Crippen molar-refractivity contribution in [2.45, 2.75) is 30.1 Å². The van der Waals surface area contributed by atoms with E-state index in [2.05, 4.69) is 34.5 Å². The van der Waals surface area contributed by atoms with Crippen molar-refractivity contribution in [1.82, 2.24) is 9.97 Å². The molecule has 1 fully saturated rings. The second kappa shape index (κ2) is 8.14. The van der Waals surface area contributed by atoms with Gasteiger partial charge in [0.2, 0.25) is 5.95 Å². The Labute approximate surface area is 177 Å². The van der Waals surface area contributed by atoms with Gasteiger partial charge in [-0.3, -0.25) is 4.21 Å². The van der Waals surface area contributed by atoms with Crippen LogP contribution in [0, 0.1) is 5.82 Å². The molecule has 2 aliphatic rings. The minimum absolute atomic E-state index is 0.324. The molecule has 7 heteroatoms. The number of halogens is 1. The summed E-state index contributed by atoms with van der Waals surface area (Å²) in [5.74, 6) is 1.98. The van der Waals surface area contributed by atoms with Crippen LogP contribution < -0.4 is 10.2 Å². The van der Waals surface area contributed by atoms with Crippen molar-refractivity contribution in [3.8, 4) is 0 Å². The van der Waals surface area contributed by atoms with Crippen molar-refractivity contribution in [3.05, 3.63) is 71.7 Å². The van der Waals surface area contributed by atoms with Crippen LogP contribution in [0.3, 0.4) is 0 Å². The molecule has 5 nitrogen and oxygen atoms in total. The summed E-state index contributed by atoms with van der Waals surface area (Å²) >= 11 is 0. The predicted octanol–water partition coefficient (Wildman–Crippen LogP) is 4.41. The van der Waals surface area contributed by atoms with Crippen LogP contribution in [0.1, 0.15) is 30.0 Å². The van der Waals surface area contributed by atoms with Crippen LogP contribution in [0.15, 0.2) is 59.5 Å². The Morgan fingerprint density at radius 2 is 1.83 bits per heavy atom. The van der Waals surface area contributed by atoms with Crippen LogP contribution in [0.2, 0.25) is 0 Å². The van der Waals surface area contributed by atoms with E-state index in [0.717, 1.165) is 31.6 Å². The van der Waals surface area contributed by atoms with Crippen LogP contribution in [0.5, 0.6) is 0 Å². The Hall–Kier alpha value is -2.80. The topological polar surface area (TPSA) is 58.1 Å². The summed E-state index contributed by atoms with van der Waals surface area (Å²) in [7, 11) is -1.13. The van der Waals surface area contributed by atoms with Crippen molar-refractivity contribution in [2.24, 2.45) is 0 Å². The molecule has 3 heterocycles. The Balaban J connectivity index is 1.40. The van der Waals surface area contributed by atoms with E-state index in [1.165, 1.54) is 17.7 Å². The Bertz CT molecular complexity index is 1080. The molecule has 1 unspecified atom stereocenters. The minimum Gasteiger partial charge on any atom is -0.341 e. The highest BCUT2D eigenvalue weighted by Gasteiger charge is 2.29. The summed E-state index contributed by atoms with van der Waals surface area (Å²) < 4.78 is 26.2. The van der Waals surface area contributed by atoms with Gasteiger partial charge in [-0.25, -0.2) is 9.37 Å². The number of nitrogens with one attached hydrogen (secondary N) is 1. The molecule has 1 saturated heterocycles. The number of hydrogen-bond donors (Lipinski definition) is 1. The highest BCUT2D eigenvalue weighted by molar-refractivity contribution is 7.85. The van der Waals surface area contributed by atoms with Gasteiger partial charge in [0.1, 0.15) is 10.7 Å². The Morgan fingerprint density at radius 1 is 1.03 bits per heavy atom. The number of piperidine rings is 1. The van der Waals surface area contributed by atoms with Crippen molar-refractivity contribution in [1.29, 1.82) is 0 Å². The van der Waals surface area contributed by atoms with Crippen LogP contribution in [0.25, 0.3) is 0 Å². The maximum Gasteiger partial charge on any atom is 0.227 e. The van der Waals surface area contributed by atoms with E-state index in [0.29, 0.717) is 40.4 Å². The fraction of sp³-hybridized carbons (Fsp3) is 0.304. The van der Waals surface area contributed by atoms with Crippen molar-refractivity contribution < 1.29 is 8.60 Å². The molecule has 0 aliphatic carbocycles. The first kappa shape index (κ1) is 19.2. The SMILES string of the molecule is O=S1CCc2nc(N3CCC(c4ccccc4)CC3)nc(Nc3cccc(F)c3)c21. The highest BCUT2D eigenvalue weighted by atomic mass is 32.2. The van der Waals surface area contributed by atoms with Crippen LogP contribution in [-0.4, -0.2) is 33.0 Å². The largest absolute Gasteiger partial charge is 0.341 e. The van der Waals surface area contributed by atoms with E-state index in [-0.39, 0.29) is 5.82 Å². The Kier molecular flexibility index (Phi) is 5.21. The van der Waals surface area contributed by atoms with E-state index in [1.54, 1.807) is 12.1 Å². The van der Waals surface area contributed by atoms with E-state index in [9.17, 15) is 8.60 Å². The lowest BCUT2D eigenvalue weighted by Gasteiger charge is -2.32. The first-order chi connectivity index (χ1) is 14.7. The molecule has 0 bridgehead atoms. The van der Waals surface area contributed by atoms with Crippen LogP contribution in [-0.2, 0) is 17.2 Å². The molecule has 0 spiro atoms. The summed E-state index contributed by atoms with van der Waals surface area (Å²) in [6.45, 7) is 1.75. The van der Waals surface area contributed by atoms with Gasteiger partial charge in [-0.1, -0.05) is 36.4 Å². The zero-order valence-corrected chi connectivity index (χ0v) is 17.4. The van der Waals surface area contributed by atoms with Gasteiger partial charge in [0.25, 0.3) is 0 Å². The average molecular weight is 423 g/mol. The fourth-order valence-corrected chi connectivity index (χ4v) is 5.56. The lowest BCUT2D eigenvalue weighted by Crippen LogP contribution is -2.34. The second-order valence-corrected chi connectivity index (χ2v) is 9.26. The van der Waals surface area contributed by atoms with E-state index in [1.807, 2.05) is 6.07 Å². The third-order valence-electron chi connectivity index (χ3n) is 5.81. The van der Waals surface area contributed by atoms with Crippen LogP contribution >= 0.6 is 0 Å². The maximum atomic E-state index is 13.6. The summed E-state index contributed by atoms with van der Waals surface area (Å²) in [5, 5.41) is 3.18. The van der Waals surface area contributed by atoms with Crippen molar-refractivity contribution in [3.63, 3.8) is 0 Å². The number of aryl methyl sites for hydroxylation is 1. The molecule has 1 N–H and O–H groups in total. The maximum absolute atomic E-state index is 13.6. The molecular weight excluding hydrogens is 399 g/mol. The number of anilines is 3. The van der Waals surface area contributed by atoms with Gasteiger partial charge in [-0.15, -0.1) is 0 Å². The number of nitrogens with zero attached hydrogens (tertiary/aromatic N) is 3. The van der Waals surface area contributed by atoms with Crippen molar-refractivity contribution >= 4 is 28.3 Å². The zero-order chi connectivity index (χ0) is 20.5. The van der Waals surface area contributed by atoms with Crippen LogP contribution in [0.4, 0.5) is 21.8 Å². The molecule has 1 atom stereocenters. The zero-order valence-electron chi connectivity index (χ0n) is 16.6. The van der Waals surface area contributed by atoms with Gasteiger partial charge in [0, 0.05) is 31.0 Å². The molecule has 154 valence electrons. The lowest BCUT2D eigenvalue weighted by atomic mass is 9.90. The van der Waals surface area contributed by atoms with E-state index >= 15 is 0 Å². The third kappa shape index (κ3) is 3.81. The molecule has 5 rings (SSSR count). The normalized spacial score (nSPS) is 19.0. The molecule has 1 aromatic heterocycles. The fourth-order valence-electron chi connectivity index (χ4n) is 4.25. The molecular formula is C23H23FN4OS. The number of aromatic nitrogens is 2. The highest BCUT2D eigenvalue weighted by Crippen LogP contribution is 2.34. The van der Waals surface area contributed by atoms with E-state index in [4.69, 9.17) is 9.97 Å². The van der Waals surface area contributed by atoms with Gasteiger partial charge in [0.05, 0.1) is 16.5 Å². The van der Waals surface area contributed by atoms with Gasteiger partial charge >= 0.3 is 0 Å². The van der Waals surface area contributed by atoms with Gasteiger partial charge in [-0.2, -0.15) is 4.98 Å². The number of rotatable bonds is 4. The molecule has 0 radical (unpaired) electrons. The van der Waals surface area contributed by atoms with Gasteiger partial charge in [-0.05, 0) is 42.5 Å². The number of fused-ring (bicyclic) bond motifs is 1. The summed E-state index contributed by atoms with van der Waals surface area (Å²) in [5.41, 5.74) is 2.81. The van der Waals surface area contributed by atoms with Crippen molar-refractivity contribution in [2.75, 3.05) is 29.1 Å². The summed E-state index contributed by atoms with van der Waals surface area (Å²) in [6, 6.07) is 16.9. The quantitative estimate of drug-likeness (QED) is 0.675. The average Bonchev–Trinajstić information content (AvgIpc) is 3.15. The molecule has 30 heavy (non-hydrogen) atoms. The number of hydrogen-bond acceptors (Lipinski definition) is 5. The second-order valence-electron chi connectivity index (χ2n) is 7.76. The number of benzene rings is 2. The lowest BCUT2D eigenvalue weighted by molar-refractivity contribution is 0.499. The standard InChI is InChI=1S/C23H23FN4OS/c24-18-7-4-8-19(15-18)25-22-21-20(11-14-30(21)29)26-23(27-22)28-12-9-17(10-13-28)16-5-2-1-3-6-16/h1-8,15,17H,9-14H2,(H,25,26,27). The predicted molar refractivity (Wildman–Crippen MR) is 117 cm³/mol. The summed E-state index contributed by atoms with van der Waals surface area (Å²) in [6.07, 6.45) is 2.77. The van der Waals surface area contributed by atoms with Gasteiger partial charge in [0.15, 0.2) is 5.82 Å². The molecule has 2 aromatic carbocycles.